The highest BCUT2D eigenvalue weighted by molar-refractivity contribution is 5.89. The van der Waals surface area contributed by atoms with Gasteiger partial charge < -0.3 is 19.3 Å². The molecule has 0 aliphatic heterocycles. The van der Waals surface area contributed by atoms with E-state index in [0.717, 1.165) is 0 Å². The molecule has 0 saturated heterocycles. The van der Waals surface area contributed by atoms with Crippen LogP contribution in [0, 0.1) is 0 Å². The molecule has 0 aliphatic rings. The third-order valence-electron chi connectivity index (χ3n) is 3.75. The van der Waals surface area contributed by atoms with E-state index in [-0.39, 0.29) is 11.7 Å². The molecule has 1 heterocycles. The number of aromatic hydroxyl groups is 1. The van der Waals surface area contributed by atoms with E-state index < -0.39 is 0 Å². The van der Waals surface area contributed by atoms with Crippen LogP contribution in [0.25, 0.3) is 11.3 Å². The number of ether oxygens (including phenoxy) is 3. The second kappa shape index (κ2) is 8.27. The number of hydrogen-bond acceptors (Lipinski definition) is 6. The Bertz CT molecular complexity index is 918. The number of benzene rings is 2. The molecule has 0 unspecified atom stereocenters. The van der Waals surface area contributed by atoms with Crippen LogP contribution in [0.3, 0.4) is 0 Å². The highest BCUT2D eigenvalue weighted by Crippen LogP contribution is 2.37. The van der Waals surface area contributed by atoms with Crippen molar-refractivity contribution in [2.75, 3.05) is 13.2 Å². The molecule has 0 bridgehead atoms. The van der Waals surface area contributed by atoms with Crippen LogP contribution in [0.4, 0.5) is 0 Å². The maximum absolute atomic E-state index is 11.7. The molecule has 1 aromatic heterocycles. The van der Waals surface area contributed by atoms with Gasteiger partial charge in [-0.15, -0.1) is 0 Å². The number of phenolic OH excluding ortho intramolecular Hbond substituents is 1. The van der Waals surface area contributed by atoms with Crippen molar-refractivity contribution >= 4 is 5.97 Å². The normalized spacial score (nSPS) is 10.4. The van der Waals surface area contributed by atoms with Crippen LogP contribution in [0.2, 0.25) is 0 Å². The van der Waals surface area contributed by atoms with Crippen LogP contribution in [0.5, 0.6) is 23.0 Å². The average Bonchev–Trinajstić information content (AvgIpc) is 3.11. The van der Waals surface area contributed by atoms with Crippen molar-refractivity contribution in [3.63, 3.8) is 0 Å². The minimum atomic E-state index is -0.382. The van der Waals surface area contributed by atoms with Crippen LogP contribution in [0.1, 0.15) is 24.2 Å². The summed E-state index contributed by atoms with van der Waals surface area (Å²) in [6.45, 7) is 4.46. The first-order chi connectivity index (χ1) is 13.1. The van der Waals surface area contributed by atoms with Gasteiger partial charge in [-0.1, -0.05) is 0 Å². The number of nitrogens with zero attached hydrogens (tertiary/aromatic N) is 1. The van der Waals surface area contributed by atoms with Crippen molar-refractivity contribution in [3.8, 4) is 34.3 Å². The highest BCUT2D eigenvalue weighted by atomic mass is 16.5. The lowest BCUT2D eigenvalue weighted by atomic mass is 10.1. The van der Waals surface area contributed by atoms with E-state index in [1.54, 1.807) is 43.3 Å². The number of nitrogens with one attached hydrogen (secondary N) is 1. The van der Waals surface area contributed by atoms with Gasteiger partial charge in [-0.25, -0.2) is 4.79 Å². The molecular formula is C20H20N2O5. The summed E-state index contributed by atoms with van der Waals surface area (Å²) in [5, 5.41) is 17.1. The number of rotatable bonds is 7. The van der Waals surface area contributed by atoms with Crippen LogP contribution in [-0.2, 0) is 4.74 Å². The van der Waals surface area contributed by atoms with E-state index in [1.807, 2.05) is 6.92 Å². The topological polar surface area (TPSA) is 93.7 Å². The third-order valence-corrected chi connectivity index (χ3v) is 3.75. The predicted octanol–water partition coefficient (Wildman–Crippen LogP) is 4.15. The summed E-state index contributed by atoms with van der Waals surface area (Å²) in [5.74, 6) is 1.21. The molecule has 2 N–H and O–H groups in total. The summed E-state index contributed by atoms with van der Waals surface area (Å²) in [4.78, 5) is 11.7. The van der Waals surface area contributed by atoms with Crippen molar-refractivity contribution in [1.29, 1.82) is 0 Å². The lowest BCUT2D eigenvalue weighted by molar-refractivity contribution is 0.0526. The van der Waals surface area contributed by atoms with E-state index in [4.69, 9.17) is 14.2 Å². The van der Waals surface area contributed by atoms with E-state index in [0.29, 0.717) is 47.3 Å². The fourth-order valence-corrected chi connectivity index (χ4v) is 2.53. The number of hydrogen-bond donors (Lipinski definition) is 2. The zero-order valence-corrected chi connectivity index (χ0v) is 15.1. The first-order valence-electron chi connectivity index (χ1n) is 8.57. The van der Waals surface area contributed by atoms with Crippen LogP contribution in [0.15, 0.2) is 48.7 Å². The number of esters is 1. The summed E-state index contributed by atoms with van der Waals surface area (Å²) in [6.07, 6.45) is 1.52. The zero-order valence-electron chi connectivity index (χ0n) is 15.1. The van der Waals surface area contributed by atoms with Gasteiger partial charge in [-0.3, -0.25) is 5.10 Å². The summed E-state index contributed by atoms with van der Waals surface area (Å²) >= 11 is 0. The lowest BCUT2D eigenvalue weighted by Crippen LogP contribution is -2.04. The Morgan fingerprint density at radius 1 is 1.07 bits per heavy atom. The second-order valence-corrected chi connectivity index (χ2v) is 5.57. The number of carbonyl (C=O) groups excluding carboxylic acids is 1. The smallest absolute Gasteiger partial charge is 0.338 e. The molecule has 0 atom stereocenters. The molecule has 0 saturated carbocycles. The number of carbonyl (C=O) groups is 1. The Labute approximate surface area is 156 Å². The maximum atomic E-state index is 11.7. The number of H-pyrrole nitrogens is 1. The largest absolute Gasteiger partial charge is 0.507 e. The predicted molar refractivity (Wildman–Crippen MR) is 99.3 cm³/mol. The van der Waals surface area contributed by atoms with Gasteiger partial charge >= 0.3 is 5.97 Å². The van der Waals surface area contributed by atoms with Crippen LogP contribution >= 0.6 is 0 Å². The number of aromatic nitrogens is 2. The lowest BCUT2D eigenvalue weighted by Gasteiger charge is -2.10. The number of aromatic amines is 1. The van der Waals surface area contributed by atoms with Gasteiger partial charge in [0.25, 0.3) is 0 Å². The molecule has 0 aliphatic carbocycles. The standard InChI is InChI=1S/C20H20N2O5/c1-3-25-15-9-10-16(17(23)11-15)19-18(12-21-22-19)27-14-7-5-13(6-8-14)20(24)26-4-2/h5-12,23H,3-4H2,1-2H3,(H,21,22). The molecule has 7 heteroatoms. The van der Waals surface area contributed by atoms with Gasteiger partial charge in [0, 0.05) is 11.6 Å². The van der Waals surface area contributed by atoms with Gasteiger partial charge in [0.2, 0.25) is 0 Å². The van der Waals surface area contributed by atoms with Crippen molar-refractivity contribution in [1.82, 2.24) is 10.2 Å². The van der Waals surface area contributed by atoms with Crippen LogP contribution in [-0.4, -0.2) is 34.5 Å². The quantitative estimate of drug-likeness (QED) is 0.609. The first-order valence-corrected chi connectivity index (χ1v) is 8.57. The molecule has 0 amide bonds. The monoisotopic (exact) mass is 368 g/mol. The third kappa shape index (κ3) is 4.20. The molecular weight excluding hydrogens is 348 g/mol. The molecule has 0 radical (unpaired) electrons. The minimum Gasteiger partial charge on any atom is -0.507 e. The first kappa shape index (κ1) is 18.3. The van der Waals surface area contributed by atoms with Gasteiger partial charge in [0.1, 0.15) is 22.9 Å². The Kier molecular flexibility index (Phi) is 5.61. The zero-order chi connectivity index (χ0) is 19.2. The summed E-state index contributed by atoms with van der Waals surface area (Å²) in [7, 11) is 0. The highest BCUT2D eigenvalue weighted by Gasteiger charge is 2.15. The summed E-state index contributed by atoms with van der Waals surface area (Å²) in [5.41, 5.74) is 1.51. The molecule has 3 rings (SSSR count). The van der Waals surface area contributed by atoms with Gasteiger partial charge in [-0.2, -0.15) is 5.10 Å². The molecule has 0 spiro atoms. The fraction of sp³-hybridized carbons (Fsp3) is 0.200. The van der Waals surface area contributed by atoms with Crippen molar-refractivity contribution in [2.45, 2.75) is 13.8 Å². The Hall–Kier alpha value is -3.48. The molecule has 27 heavy (non-hydrogen) atoms. The fourth-order valence-electron chi connectivity index (χ4n) is 2.53. The summed E-state index contributed by atoms with van der Waals surface area (Å²) < 4.78 is 16.2. The van der Waals surface area contributed by atoms with E-state index in [2.05, 4.69) is 10.2 Å². The van der Waals surface area contributed by atoms with Gasteiger partial charge in [0.15, 0.2) is 5.75 Å². The SMILES string of the molecule is CCOC(=O)c1ccc(Oc2cn[nH]c2-c2ccc(OCC)cc2O)cc1. The molecule has 3 aromatic rings. The van der Waals surface area contributed by atoms with Gasteiger partial charge in [-0.05, 0) is 50.2 Å². The maximum Gasteiger partial charge on any atom is 0.338 e. The second-order valence-electron chi connectivity index (χ2n) is 5.57. The van der Waals surface area contributed by atoms with E-state index >= 15 is 0 Å². The van der Waals surface area contributed by atoms with Crippen molar-refractivity contribution in [2.24, 2.45) is 0 Å². The molecule has 2 aromatic carbocycles. The van der Waals surface area contributed by atoms with E-state index in [1.165, 1.54) is 12.3 Å². The van der Waals surface area contributed by atoms with Gasteiger partial charge in [0.05, 0.1) is 25.0 Å². The summed E-state index contributed by atoms with van der Waals surface area (Å²) in [6, 6.07) is 11.6. The average molecular weight is 368 g/mol. The number of phenols is 1. The van der Waals surface area contributed by atoms with E-state index in [9.17, 15) is 9.90 Å². The minimum absolute atomic E-state index is 0.0488. The molecule has 140 valence electrons. The van der Waals surface area contributed by atoms with Crippen LogP contribution < -0.4 is 9.47 Å². The van der Waals surface area contributed by atoms with Crippen molar-refractivity contribution in [3.05, 3.63) is 54.2 Å². The Morgan fingerprint density at radius 3 is 2.48 bits per heavy atom. The Morgan fingerprint density at radius 2 is 1.81 bits per heavy atom. The molecule has 7 nitrogen and oxygen atoms in total. The Balaban J connectivity index is 1.80. The van der Waals surface area contributed by atoms with Crippen molar-refractivity contribution < 1.29 is 24.1 Å². The molecule has 0 fully saturated rings.